The molecule has 0 unspecified atom stereocenters. The molecule has 15 heteroatoms. The summed E-state index contributed by atoms with van der Waals surface area (Å²) >= 11 is 0. The lowest BCUT2D eigenvalue weighted by Crippen LogP contribution is -2.36. The number of nitrogens with one attached hydrogen (secondary N) is 2. The number of ether oxygens (including phenoxy) is 1. The molecule has 0 spiro atoms. The van der Waals surface area contributed by atoms with E-state index in [1.807, 2.05) is 12.1 Å². The van der Waals surface area contributed by atoms with Crippen LogP contribution in [0, 0.1) is 0 Å². The van der Waals surface area contributed by atoms with Gasteiger partial charge in [0, 0.05) is 23.2 Å². The zero-order valence-electron chi connectivity index (χ0n) is 25.3. The molecule has 1 saturated carbocycles. The Morgan fingerprint density at radius 1 is 0.979 bits per heavy atom. The molecule has 4 N–H and O–H groups in total. The van der Waals surface area contributed by atoms with Gasteiger partial charge in [-0.1, -0.05) is 43.5 Å². The summed E-state index contributed by atoms with van der Waals surface area (Å²) < 4.78 is 67.1. The maximum atomic E-state index is 13.7. The van der Waals surface area contributed by atoms with Crippen LogP contribution in [-0.4, -0.2) is 61.8 Å². The van der Waals surface area contributed by atoms with Crippen molar-refractivity contribution >= 4 is 39.1 Å². The van der Waals surface area contributed by atoms with Crippen LogP contribution in [-0.2, 0) is 21.2 Å². The fraction of sp³-hybridized carbons (Fsp3) is 0.344. The van der Waals surface area contributed by atoms with E-state index in [-0.39, 0.29) is 17.8 Å². The number of carbonyl (C=O) groups is 3. The molecule has 0 heterocycles. The molecule has 3 amide bonds. The average molecular weight is 678 g/mol. The molecule has 0 bridgehead atoms. The Balaban J connectivity index is 1.59. The molecule has 11 nitrogen and oxygen atoms in total. The Labute approximate surface area is 269 Å². The molecule has 3 aromatic carbocycles. The third kappa shape index (κ3) is 9.93. The van der Waals surface area contributed by atoms with Crippen LogP contribution < -0.4 is 20.3 Å². The minimum atomic E-state index is -5.14. The van der Waals surface area contributed by atoms with Crippen molar-refractivity contribution in [2.24, 2.45) is 0 Å². The molecule has 1 aliphatic carbocycles. The molecule has 1 fully saturated rings. The number of amides is 3. The maximum absolute atomic E-state index is 13.7. The maximum Gasteiger partial charge on any atom is 0.573 e. The number of anilines is 2. The number of nitrogens with zero attached hydrogens (tertiary/aromatic N) is 1. The Kier molecular flexibility index (Phi) is 11.1. The van der Waals surface area contributed by atoms with E-state index in [9.17, 15) is 41.1 Å². The number of aliphatic carboxylic acids is 1. The van der Waals surface area contributed by atoms with Crippen molar-refractivity contribution in [3.05, 3.63) is 83.4 Å². The van der Waals surface area contributed by atoms with Gasteiger partial charge in [0.1, 0.15) is 10.6 Å². The highest BCUT2D eigenvalue weighted by Crippen LogP contribution is 2.35. The average Bonchev–Trinajstić information content (AvgIpc) is 3.02. The van der Waals surface area contributed by atoms with Crippen LogP contribution in [0.1, 0.15) is 59.5 Å². The minimum absolute atomic E-state index is 0.0254. The van der Waals surface area contributed by atoms with E-state index in [2.05, 4.69) is 15.4 Å². The van der Waals surface area contributed by atoms with Gasteiger partial charge in [-0.3, -0.25) is 9.69 Å². The van der Waals surface area contributed by atoms with Gasteiger partial charge in [-0.2, -0.15) is 0 Å². The van der Waals surface area contributed by atoms with E-state index in [0.29, 0.717) is 17.2 Å². The summed E-state index contributed by atoms with van der Waals surface area (Å²) in [6.07, 6.45) is -0.593. The number of benzene rings is 3. The van der Waals surface area contributed by atoms with E-state index < -0.39 is 57.4 Å². The Morgan fingerprint density at radius 3 is 2.19 bits per heavy atom. The number of alkyl halides is 3. The quantitative estimate of drug-likeness (QED) is 0.208. The number of urea groups is 1. The van der Waals surface area contributed by atoms with Crippen molar-refractivity contribution in [1.29, 1.82) is 0 Å². The van der Waals surface area contributed by atoms with Gasteiger partial charge in [0.05, 0.1) is 13.1 Å². The number of carboxylic acid groups (broad SMARTS) is 1. The van der Waals surface area contributed by atoms with Crippen molar-refractivity contribution in [1.82, 2.24) is 5.32 Å². The van der Waals surface area contributed by atoms with Crippen LogP contribution in [0.2, 0.25) is 0 Å². The monoisotopic (exact) mass is 677 g/mol. The SMILES string of the molecule is CS(=O)(=O)c1cc(NC(=O)N(Cc2ccc(C(=O)NC[C@@H](O)C(=O)O)cc2)c2ccc(C3CCCCC3)cc2)ccc1OC(F)(F)F. The number of carboxylic acids is 1. The van der Waals surface area contributed by atoms with E-state index in [4.69, 9.17) is 5.11 Å². The second-order valence-electron chi connectivity index (χ2n) is 11.2. The summed E-state index contributed by atoms with van der Waals surface area (Å²) in [5, 5.41) is 23.1. The number of sulfone groups is 1. The molecule has 0 radical (unpaired) electrons. The topological polar surface area (TPSA) is 162 Å². The normalized spacial score (nSPS) is 14.6. The van der Waals surface area contributed by atoms with Gasteiger partial charge in [-0.15, -0.1) is 13.2 Å². The number of carbonyl (C=O) groups excluding carboxylic acids is 2. The molecule has 4 rings (SSSR count). The van der Waals surface area contributed by atoms with Crippen molar-refractivity contribution < 1.29 is 50.9 Å². The van der Waals surface area contributed by atoms with Crippen molar-refractivity contribution in [3.63, 3.8) is 0 Å². The summed E-state index contributed by atoms with van der Waals surface area (Å²) in [4.78, 5) is 37.5. The van der Waals surface area contributed by atoms with Crippen LogP contribution in [0.25, 0.3) is 0 Å². The fourth-order valence-electron chi connectivity index (χ4n) is 5.24. The molecule has 252 valence electrons. The van der Waals surface area contributed by atoms with Crippen LogP contribution in [0.15, 0.2) is 71.6 Å². The summed E-state index contributed by atoms with van der Waals surface area (Å²) in [6, 6.07) is 15.6. The third-order valence-electron chi connectivity index (χ3n) is 7.64. The molecule has 0 aliphatic heterocycles. The van der Waals surface area contributed by atoms with Gasteiger partial charge in [-0.25, -0.2) is 18.0 Å². The Bertz CT molecular complexity index is 1690. The standard InChI is InChI=1S/C32H34F3N3O8S/c1-47(44,45)28-17-24(13-16-27(28)46-32(33,34)35)37-31(43)38(25-14-11-22(12-15-25)21-5-3-2-4-6-21)19-20-7-9-23(10-8-20)29(40)36-18-26(39)30(41)42/h7-17,21,26,39H,2-6,18-19H2,1H3,(H,36,40)(H,37,43)(H,41,42)/t26-/m1/s1. The van der Waals surface area contributed by atoms with E-state index in [0.717, 1.165) is 55.7 Å². The van der Waals surface area contributed by atoms with E-state index >= 15 is 0 Å². The fourth-order valence-corrected chi connectivity index (χ4v) is 6.06. The number of rotatable bonds is 11. The van der Waals surface area contributed by atoms with Gasteiger partial charge < -0.3 is 25.6 Å². The summed E-state index contributed by atoms with van der Waals surface area (Å²) in [5.74, 6) is -2.63. The molecule has 47 heavy (non-hydrogen) atoms. The van der Waals surface area contributed by atoms with Gasteiger partial charge in [0.15, 0.2) is 15.9 Å². The van der Waals surface area contributed by atoms with Gasteiger partial charge in [-0.05, 0) is 72.4 Å². The first-order valence-electron chi connectivity index (χ1n) is 14.7. The first-order valence-corrected chi connectivity index (χ1v) is 16.6. The van der Waals surface area contributed by atoms with E-state index in [1.165, 1.54) is 23.5 Å². The lowest BCUT2D eigenvalue weighted by Gasteiger charge is -2.26. The predicted molar refractivity (Wildman–Crippen MR) is 166 cm³/mol. The second-order valence-corrected chi connectivity index (χ2v) is 13.2. The predicted octanol–water partition coefficient (Wildman–Crippen LogP) is 5.45. The van der Waals surface area contributed by atoms with Gasteiger partial charge in [0.25, 0.3) is 5.91 Å². The molecule has 1 aliphatic rings. The lowest BCUT2D eigenvalue weighted by atomic mass is 9.84. The highest BCUT2D eigenvalue weighted by atomic mass is 32.2. The van der Waals surface area contributed by atoms with E-state index in [1.54, 1.807) is 24.3 Å². The third-order valence-corrected chi connectivity index (χ3v) is 8.76. The summed E-state index contributed by atoms with van der Waals surface area (Å²) in [5.41, 5.74) is 2.27. The number of halogens is 3. The highest BCUT2D eigenvalue weighted by Gasteiger charge is 2.33. The molecular formula is C32H34F3N3O8S. The van der Waals surface area contributed by atoms with Crippen LogP contribution >= 0.6 is 0 Å². The summed E-state index contributed by atoms with van der Waals surface area (Å²) in [7, 11) is -4.19. The molecular weight excluding hydrogens is 643 g/mol. The Morgan fingerprint density at radius 2 is 1.62 bits per heavy atom. The first kappa shape index (κ1) is 35.2. The largest absolute Gasteiger partial charge is 0.573 e. The van der Waals surface area contributed by atoms with Crippen LogP contribution in [0.3, 0.4) is 0 Å². The smallest absolute Gasteiger partial charge is 0.479 e. The minimum Gasteiger partial charge on any atom is -0.479 e. The van der Waals surface area contributed by atoms with Gasteiger partial charge >= 0.3 is 18.4 Å². The zero-order valence-corrected chi connectivity index (χ0v) is 26.1. The number of hydrogen-bond donors (Lipinski definition) is 4. The second kappa shape index (κ2) is 14.9. The highest BCUT2D eigenvalue weighted by molar-refractivity contribution is 7.90. The van der Waals surface area contributed by atoms with Crippen LogP contribution in [0.4, 0.5) is 29.3 Å². The molecule has 3 aromatic rings. The number of hydrogen-bond acceptors (Lipinski definition) is 7. The molecule has 1 atom stereocenters. The summed E-state index contributed by atoms with van der Waals surface area (Å²) in [6.45, 7) is -0.520. The van der Waals surface area contributed by atoms with Crippen molar-refractivity contribution in [2.75, 3.05) is 23.0 Å². The Hall–Kier alpha value is -4.63. The van der Waals surface area contributed by atoms with Crippen molar-refractivity contribution in [2.45, 2.75) is 61.9 Å². The van der Waals surface area contributed by atoms with Crippen molar-refractivity contribution in [3.8, 4) is 5.75 Å². The molecule has 0 saturated heterocycles. The first-order chi connectivity index (χ1) is 22.1. The number of aliphatic hydroxyl groups excluding tert-OH is 1. The number of aliphatic hydroxyl groups is 1. The zero-order chi connectivity index (χ0) is 34.4. The lowest BCUT2D eigenvalue weighted by molar-refractivity contribution is -0.275. The molecule has 0 aromatic heterocycles. The van der Waals surface area contributed by atoms with Gasteiger partial charge in [0.2, 0.25) is 0 Å². The van der Waals surface area contributed by atoms with Crippen LogP contribution in [0.5, 0.6) is 5.75 Å².